The molecule has 5 N–H and O–H groups in total. The summed E-state index contributed by atoms with van der Waals surface area (Å²) in [6, 6.07) is 7.99. The van der Waals surface area contributed by atoms with Crippen LogP contribution in [0.15, 0.2) is 46.4 Å². The molecule has 3 heterocycles. The van der Waals surface area contributed by atoms with Crippen LogP contribution in [0.3, 0.4) is 0 Å². The molecule has 12 heteroatoms. The van der Waals surface area contributed by atoms with Gasteiger partial charge in [0.05, 0.1) is 22.7 Å². The fraction of sp³-hybridized carbons (Fsp3) is 0.471. The zero-order valence-electron chi connectivity index (χ0n) is 26.1. The molecular weight excluding hydrogens is 617 g/mol. The number of phenols is 1. The second kappa shape index (κ2) is 13.4. The Balaban J connectivity index is 1.33. The van der Waals surface area contributed by atoms with E-state index in [-0.39, 0.29) is 50.7 Å². The molecule has 3 fully saturated rings. The van der Waals surface area contributed by atoms with Crippen LogP contribution in [-0.2, 0) is 4.74 Å². The number of aliphatic imine (C=N–C) groups is 2. The van der Waals surface area contributed by atoms with Crippen LogP contribution >= 0.6 is 11.6 Å². The Bertz CT molecular complexity index is 1660. The van der Waals surface area contributed by atoms with E-state index in [1.54, 1.807) is 0 Å². The number of halogens is 4. The van der Waals surface area contributed by atoms with Crippen molar-refractivity contribution < 1.29 is 23.0 Å². The van der Waals surface area contributed by atoms with Crippen molar-refractivity contribution in [2.24, 2.45) is 15.7 Å². The SMILES string of the molecule is CNCC1CCC2(COC(N)=NC(=NCC3CCC(C)N3)c3cc(F)c(-c4cc(O)cc5ccc(F)c(Cl)c45)c(F)c3)CCCN12. The van der Waals surface area contributed by atoms with Crippen molar-refractivity contribution in [2.75, 3.05) is 33.3 Å². The monoisotopic (exact) mass is 656 g/mol. The fourth-order valence-electron chi connectivity index (χ4n) is 7.50. The predicted octanol–water partition coefficient (Wildman–Crippen LogP) is 5.72. The Kier molecular flexibility index (Phi) is 9.48. The predicted molar refractivity (Wildman–Crippen MR) is 176 cm³/mol. The molecule has 3 aliphatic rings. The number of nitrogens with zero attached hydrogens (tertiary/aromatic N) is 3. The average Bonchev–Trinajstić information content (AvgIpc) is 3.71. The molecule has 3 aliphatic heterocycles. The minimum Gasteiger partial charge on any atom is -0.508 e. The van der Waals surface area contributed by atoms with Gasteiger partial charge in [-0.1, -0.05) is 17.7 Å². The number of phenolic OH excluding ortho intramolecular Hbond substituents is 1. The molecule has 4 unspecified atom stereocenters. The number of hydrogen-bond acceptors (Lipinski definition) is 6. The highest BCUT2D eigenvalue weighted by molar-refractivity contribution is 6.37. The summed E-state index contributed by atoms with van der Waals surface area (Å²) in [6.45, 7) is 4.70. The second-order valence-corrected chi connectivity index (χ2v) is 13.2. The van der Waals surface area contributed by atoms with E-state index < -0.39 is 23.0 Å². The first-order chi connectivity index (χ1) is 22.1. The summed E-state index contributed by atoms with van der Waals surface area (Å²) in [6.07, 6.45) is 6.05. The lowest BCUT2D eigenvalue weighted by molar-refractivity contribution is 0.0832. The highest BCUT2D eigenvalue weighted by Gasteiger charge is 2.49. The second-order valence-electron chi connectivity index (χ2n) is 12.8. The number of aromatic hydroxyl groups is 1. The molecule has 6 rings (SSSR count). The zero-order chi connectivity index (χ0) is 32.6. The van der Waals surface area contributed by atoms with Crippen LogP contribution in [0, 0.1) is 17.5 Å². The molecule has 0 bridgehead atoms. The van der Waals surface area contributed by atoms with Crippen molar-refractivity contribution in [1.29, 1.82) is 0 Å². The van der Waals surface area contributed by atoms with Gasteiger partial charge in [-0.05, 0) is 94.8 Å². The van der Waals surface area contributed by atoms with Gasteiger partial charge >= 0.3 is 0 Å². The van der Waals surface area contributed by atoms with Crippen LogP contribution in [0.2, 0.25) is 5.02 Å². The molecule has 0 spiro atoms. The highest BCUT2D eigenvalue weighted by atomic mass is 35.5. The fourth-order valence-corrected chi connectivity index (χ4v) is 7.77. The first-order valence-electron chi connectivity index (χ1n) is 15.9. The topological polar surface area (TPSA) is 108 Å². The quantitative estimate of drug-likeness (QED) is 0.183. The third kappa shape index (κ3) is 6.43. The average molecular weight is 657 g/mol. The minimum atomic E-state index is -0.959. The maximum Gasteiger partial charge on any atom is 0.288 e. The molecule has 3 aromatic carbocycles. The molecule has 246 valence electrons. The van der Waals surface area contributed by atoms with Gasteiger partial charge in [0.1, 0.15) is 29.8 Å². The Hall–Kier alpha value is -3.38. The van der Waals surface area contributed by atoms with E-state index in [2.05, 4.69) is 32.4 Å². The number of ether oxygens (including phenoxy) is 1. The van der Waals surface area contributed by atoms with E-state index in [1.807, 2.05) is 7.05 Å². The molecule has 0 saturated carbocycles. The Morgan fingerprint density at radius 3 is 2.63 bits per heavy atom. The molecule has 4 atom stereocenters. The standard InChI is InChI=1S/C34H40ClF3N6O2/c1-19-4-6-22(42-19)16-41-32(43-33(39)46-18-34-9-3-11-44(34)23(8-10-34)17-40-2)21-13-27(37)30(28(38)14-21)25-15-24(45)12-20-5-7-26(36)31(35)29(20)25/h5,7,12-15,19,22-23,40,42,45H,3-4,6,8-11,16-18H2,1-2H3,(H2,39,41,43). The van der Waals surface area contributed by atoms with E-state index in [1.165, 1.54) is 12.1 Å². The first-order valence-corrected chi connectivity index (χ1v) is 16.3. The Labute approximate surface area is 271 Å². The number of benzene rings is 3. The van der Waals surface area contributed by atoms with E-state index in [0.717, 1.165) is 75.9 Å². The maximum atomic E-state index is 15.9. The lowest BCUT2D eigenvalue weighted by Gasteiger charge is -2.34. The van der Waals surface area contributed by atoms with Crippen LogP contribution in [-0.4, -0.2) is 78.8 Å². The van der Waals surface area contributed by atoms with Crippen LogP contribution in [0.4, 0.5) is 13.2 Å². The zero-order valence-corrected chi connectivity index (χ0v) is 26.8. The maximum absolute atomic E-state index is 15.9. The van der Waals surface area contributed by atoms with E-state index in [4.69, 9.17) is 22.1 Å². The molecule has 0 radical (unpaired) electrons. The van der Waals surface area contributed by atoms with E-state index in [9.17, 15) is 9.50 Å². The number of hydrogen-bond donors (Lipinski definition) is 4. The summed E-state index contributed by atoms with van der Waals surface area (Å²) in [5.74, 6) is -2.88. The summed E-state index contributed by atoms with van der Waals surface area (Å²) >= 11 is 6.25. The summed E-state index contributed by atoms with van der Waals surface area (Å²) in [7, 11) is 1.96. The van der Waals surface area contributed by atoms with Crippen molar-refractivity contribution in [3.05, 3.63) is 64.4 Å². The van der Waals surface area contributed by atoms with Gasteiger partial charge < -0.3 is 26.2 Å². The molecule has 3 aromatic rings. The van der Waals surface area contributed by atoms with Crippen molar-refractivity contribution in [3.8, 4) is 16.9 Å². The van der Waals surface area contributed by atoms with Crippen molar-refractivity contribution in [1.82, 2.24) is 15.5 Å². The van der Waals surface area contributed by atoms with Crippen molar-refractivity contribution >= 4 is 34.2 Å². The molecule has 8 nitrogen and oxygen atoms in total. The van der Waals surface area contributed by atoms with Crippen LogP contribution < -0.4 is 16.4 Å². The van der Waals surface area contributed by atoms with E-state index in [0.29, 0.717) is 30.6 Å². The van der Waals surface area contributed by atoms with Crippen LogP contribution in [0.25, 0.3) is 21.9 Å². The molecule has 46 heavy (non-hydrogen) atoms. The number of rotatable bonds is 8. The van der Waals surface area contributed by atoms with Gasteiger partial charge in [0, 0.05) is 41.2 Å². The molecule has 0 aliphatic carbocycles. The number of amidine groups is 2. The van der Waals surface area contributed by atoms with Crippen molar-refractivity contribution in [2.45, 2.75) is 69.1 Å². The van der Waals surface area contributed by atoms with Gasteiger partial charge in [0.15, 0.2) is 5.84 Å². The summed E-state index contributed by atoms with van der Waals surface area (Å²) in [5.41, 5.74) is 5.71. The summed E-state index contributed by atoms with van der Waals surface area (Å²) < 4.78 is 52.3. The van der Waals surface area contributed by atoms with Crippen molar-refractivity contribution in [3.63, 3.8) is 0 Å². The van der Waals surface area contributed by atoms with Gasteiger partial charge in [-0.25, -0.2) is 13.2 Å². The smallest absolute Gasteiger partial charge is 0.288 e. The molecular formula is C34H40ClF3N6O2. The number of likely N-dealkylation sites (N-methyl/N-ethyl adjacent to an activating group) is 1. The molecule has 0 aromatic heterocycles. The highest BCUT2D eigenvalue weighted by Crippen LogP contribution is 2.43. The molecule has 3 saturated heterocycles. The van der Waals surface area contributed by atoms with Gasteiger partial charge in [0.25, 0.3) is 6.02 Å². The minimum absolute atomic E-state index is 0.0355. The van der Waals surface area contributed by atoms with Gasteiger partial charge in [-0.3, -0.25) is 9.89 Å². The summed E-state index contributed by atoms with van der Waals surface area (Å²) in [5, 5.41) is 17.2. The van der Waals surface area contributed by atoms with Gasteiger partial charge in [0.2, 0.25) is 0 Å². The Morgan fingerprint density at radius 1 is 1.13 bits per heavy atom. The number of nitrogens with one attached hydrogen (secondary N) is 2. The normalized spacial score (nSPS) is 25.5. The van der Waals surface area contributed by atoms with Crippen LogP contribution in [0.5, 0.6) is 5.75 Å². The van der Waals surface area contributed by atoms with E-state index >= 15 is 8.78 Å². The number of fused-ring (bicyclic) bond motifs is 2. The Morgan fingerprint density at radius 2 is 1.91 bits per heavy atom. The number of nitrogens with two attached hydrogens (primary N) is 1. The van der Waals surface area contributed by atoms with Gasteiger partial charge in [-0.15, -0.1) is 0 Å². The molecule has 0 amide bonds. The summed E-state index contributed by atoms with van der Waals surface area (Å²) in [4.78, 5) is 11.6. The largest absolute Gasteiger partial charge is 0.508 e. The van der Waals surface area contributed by atoms with Gasteiger partial charge in [-0.2, -0.15) is 4.99 Å². The first kappa shape index (κ1) is 32.6. The van der Waals surface area contributed by atoms with Crippen LogP contribution in [0.1, 0.15) is 51.0 Å². The third-order valence-electron chi connectivity index (χ3n) is 9.67. The lowest BCUT2D eigenvalue weighted by Crippen LogP contribution is -2.48. The third-order valence-corrected chi connectivity index (χ3v) is 10.0. The lowest BCUT2D eigenvalue weighted by atomic mass is 9.95.